The summed E-state index contributed by atoms with van der Waals surface area (Å²) < 4.78 is 0. The van der Waals surface area contributed by atoms with E-state index in [1.165, 1.54) is 0 Å². The monoisotopic (exact) mass is 244 g/mol. The van der Waals surface area contributed by atoms with E-state index < -0.39 is 0 Å². The number of aromatic amines is 1. The molecule has 2 nitrogen and oxygen atoms in total. The van der Waals surface area contributed by atoms with Crippen molar-refractivity contribution in [3.8, 4) is 17.3 Å². The molecular formula is C17H12N2. The molecule has 3 aromatic rings. The van der Waals surface area contributed by atoms with Crippen molar-refractivity contribution in [3.05, 3.63) is 66.7 Å². The van der Waals surface area contributed by atoms with Crippen LogP contribution in [0.1, 0.15) is 5.56 Å². The summed E-state index contributed by atoms with van der Waals surface area (Å²) in [5, 5.41) is 10.2. The highest BCUT2D eigenvalue weighted by Crippen LogP contribution is 2.34. The lowest BCUT2D eigenvalue weighted by Gasteiger charge is -2.02. The molecule has 0 atom stereocenters. The molecular weight excluding hydrogens is 232 g/mol. The summed E-state index contributed by atoms with van der Waals surface area (Å²) in [6, 6.07) is 20.1. The van der Waals surface area contributed by atoms with E-state index in [1.54, 1.807) is 0 Å². The first-order chi connectivity index (χ1) is 9.31. The second kappa shape index (κ2) is 4.47. The molecule has 0 radical (unpaired) electrons. The van der Waals surface area contributed by atoms with Crippen molar-refractivity contribution in [1.29, 1.82) is 5.26 Å². The second-order valence-corrected chi connectivity index (χ2v) is 4.38. The maximum Gasteiger partial charge on any atom is 0.0992 e. The lowest BCUT2D eigenvalue weighted by atomic mass is 10.0. The molecule has 2 aromatic carbocycles. The molecule has 0 saturated heterocycles. The van der Waals surface area contributed by atoms with Gasteiger partial charge in [0.05, 0.1) is 17.3 Å². The Bertz CT molecular complexity index is 789. The minimum atomic E-state index is 0.483. The lowest BCUT2D eigenvalue weighted by molar-refractivity contribution is 1.44. The minimum absolute atomic E-state index is 0.483. The van der Waals surface area contributed by atoms with Crippen molar-refractivity contribution in [2.24, 2.45) is 0 Å². The maximum atomic E-state index is 9.17. The van der Waals surface area contributed by atoms with Gasteiger partial charge in [0.15, 0.2) is 0 Å². The van der Waals surface area contributed by atoms with Crippen LogP contribution in [-0.4, -0.2) is 4.98 Å². The molecule has 3 rings (SSSR count). The Hall–Kier alpha value is -2.79. The third-order valence-corrected chi connectivity index (χ3v) is 3.21. The number of rotatable bonds is 2. The smallest absolute Gasteiger partial charge is 0.0992 e. The van der Waals surface area contributed by atoms with E-state index >= 15 is 0 Å². The Morgan fingerprint density at radius 1 is 1.00 bits per heavy atom. The maximum absolute atomic E-state index is 9.17. The van der Waals surface area contributed by atoms with E-state index in [0.29, 0.717) is 5.57 Å². The van der Waals surface area contributed by atoms with Gasteiger partial charge in [0.25, 0.3) is 0 Å². The van der Waals surface area contributed by atoms with Crippen LogP contribution in [0.5, 0.6) is 0 Å². The van der Waals surface area contributed by atoms with Gasteiger partial charge in [-0.05, 0) is 11.6 Å². The molecule has 90 valence electrons. The molecule has 1 heterocycles. The fraction of sp³-hybridized carbons (Fsp3) is 0. The van der Waals surface area contributed by atoms with Crippen LogP contribution in [0.4, 0.5) is 0 Å². The number of nitrogens with one attached hydrogen (secondary N) is 1. The summed E-state index contributed by atoms with van der Waals surface area (Å²) in [5.74, 6) is 0. The van der Waals surface area contributed by atoms with Gasteiger partial charge in [-0.25, -0.2) is 0 Å². The zero-order valence-electron chi connectivity index (χ0n) is 10.4. The number of nitrogens with zero attached hydrogens (tertiary/aromatic N) is 1. The second-order valence-electron chi connectivity index (χ2n) is 4.38. The van der Waals surface area contributed by atoms with Gasteiger partial charge in [-0.1, -0.05) is 55.1 Å². The highest BCUT2D eigenvalue weighted by atomic mass is 14.7. The zero-order valence-corrected chi connectivity index (χ0v) is 10.4. The van der Waals surface area contributed by atoms with Crippen molar-refractivity contribution < 1.29 is 0 Å². The summed E-state index contributed by atoms with van der Waals surface area (Å²) in [6.07, 6.45) is 0. The largest absolute Gasteiger partial charge is 0.354 e. The molecule has 0 aliphatic rings. The SMILES string of the molecule is C=C(C#N)c1c(-c2ccccc2)[nH]c2ccccc12. The van der Waals surface area contributed by atoms with Gasteiger partial charge >= 0.3 is 0 Å². The van der Waals surface area contributed by atoms with Crippen molar-refractivity contribution in [1.82, 2.24) is 4.98 Å². The van der Waals surface area contributed by atoms with Gasteiger partial charge in [0, 0.05) is 16.5 Å². The number of hydrogen-bond donors (Lipinski definition) is 1. The fourth-order valence-electron chi connectivity index (χ4n) is 2.33. The fourth-order valence-corrected chi connectivity index (χ4v) is 2.33. The minimum Gasteiger partial charge on any atom is -0.354 e. The molecule has 0 fully saturated rings. The van der Waals surface area contributed by atoms with Gasteiger partial charge in [-0.3, -0.25) is 0 Å². The quantitative estimate of drug-likeness (QED) is 0.668. The van der Waals surface area contributed by atoms with Gasteiger partial charge < -0.3 is 4.98 Å². The number of para-hydroxylation sites is 1. The number of allylic oxidation sites excluding steroid dienone is 1. The van der Waals surface area contributed by atoms with Crippen molar-refractivity contribution in [2.75, 3.05) is 0 Å². The normalized spacial score (nSPS) is 10.3. The first-order valence-corrected chi connectivity index (χ1v) is 6.07. The highest BCUT2D eigenvalue weighted by molar-refractivity contribution is 6.02. The number of H-pyrrole nitrogens is 1. The Kier molecular flexibility index (Phi) is 2.66. The molecule has 1 aromatic heterocycles. The van der Waals surface area contributed by atoms with E-state index in [-0.39, 0.29) is 0 Å². The van der Waals surface area contributed by atoms with Crippen LogP contribution < -0.4 is 0 Å². The van der Waals surface area contributed by atoms with Crippen LogP contribution in [0.15, 0.2) is 61.2 Å². The predicted octanol–water partition coefficient (Wildman–Crippen LogP) is 4.37. The third-order valence-electron chi connectivity index (χ3n) is 3.21. The number of fused-ring (bicyclic) bond motifs is 1. The molecule has 1 N–H and O–H groups in total. The molecule has 0 aliphatic heterocycles. The Morgan fingerprint density at radius 2 is 1.68 bits per heavy atom. The van der Waals surface area contributed by atoms with E-state index in [4.69, 9.17) is 0 Å². The molecule has 0 bridgehead atoms. The van der Waals surface area contributed by atoms with E-state index in [1.807, 2.05) is 54.6 Å². The summed E-state index contributed by atoms with van der Waals surface area (Å²) in [6.45, 7) is 3.87. The Morgan fingerprint density at radius 3 is 2.42 bits per heavy atom. The van der Waals surface area contributed by atoms with Gasteiger partial charge in [-0.15, -0.1) is 0 Å². The van der Waals surface area contributed by atoms with Crippen molar-refractivity contribution >= 4 is 16.5 Å². The van der Waals surface area contributed by atoms with Crippen molar-refractivity contribution in [2.45, 2.75) is 0 Å². The molecule has 0 amide bonds. The molecule has 0 spiro atoms. The summed E-state index contributed by atoms with van der Waals surface area (Å²) >= 11 is 0. The van der Waals surface area contributed by atoms with Gasteiger partial charge in [0.1, 0.15) is 0 Å². The van der Waals surface area contributed by atoms with Gasteiger partial charge in [-0.2, -0.15) is 5.26 Å². The lowest BCUT2D eigenvalue weighted by Crippen LogP contribution is -1.84. The van der Waals surface area contributed by atoms with Crippen LogP contribution in [0.3, 0.4) is 0 Å². The summed E-state index contributed by atoms with van der Waals surface area (Å²) in [7, 11) is 0. The number of nitriles is 1. The van der Waals surface area contributed by atoms with Crippen LogP contribution in [-0.2, 0) is 0 Å². The average Bonchev–Trinajstić information content (AvgIpc) is 2.87. The topological polar surface area (TPSA) is 39.6 Å². The Labute approximate surface area is 111 Å². The molecule has 0 aliphatic carbocycles. The van der Waals surface area contributed by atoms with Crippen LogP contribution >= 0.6 is 0 Å². The number of benzene rings is 2. The third kappa shape index (κ3) is 1.82. The van der Waals surface area contributed by atoms with E-state index in [0.717, 1.165) is 27.7 Å². The summed E-state index contributed by atoms with van der Waals surface area (Å²) in [4.78, 5) is 3.38. The van der Waals surface area contributed by atoms with E-state index in [9.17, 15) is 5.26 Å². The summed E-state index contributed by atoms with van der Waals surface area (Å²) in [5.41, 5.74) is 4.41. The number of aromatic nitrogens is 1. The van der Waals surface area contributed by atoms with Crippen LogP contribution in [0.2, 0.25) is 0 Å². The van der Waals surface area contributed by atoms with Crippen LogP contribution in [0.25, 0.3) is 27.7 Å². The molecule has 2 heteroatoms. The van der Waals surface area contributed by atoms with Gasteiger partial charge in [0.2, 0.25) is 0 Å². The van der Waals surface area contributed by atoms with Crippen LogP contribution in [0, 0.1) is 11.3 Å². The molecule has 19 heavy (non-hydrogen) atoms. The Balaban J connectivity index is 2.36. The number of hydrogen-bond acceptors (Lipinski definition) is 1. The predicted molar refractivity (Wildman–Crippen MR) is 78.4 cm³/mol. The standard InChI is InChI=1S/C17H12N2/c1-12(11-18)16-14-9-5-6-10-15(14)19-17(16)13-7-3-2-4-8-13/h2-10,19H,1H2. The molecule has 0 unspecified atom stereocenters. The average molecular weight is 244 g/mol. The first-order valence-electron chi connectivity index (χ1n) is 6.07. The highest BCUT2D eigenvalue weighted by Gasteiger charge is 2.14. The molecule has 0 saturated carbocycles. The zero-order chi connectivity index (χ0) is 13.2. The first kappa shape index (κ1) is 11.3. The van der Waals surface area contributed by atoms with Crippen molar-refractivity contribution in [3.63, 3.8) is 0 Å². The van der Waals surface area contributed by atoms with E-state index in [2.05, 4.69) is 17.6 Å².